The van der Waals surface area contributed by atoms with Crippen LogP contribution in [0.25, 0.3) is 6.08 Å². The number of imide groups is 1. The number of halogens is 1. The molecule has 4 rings (SSSR count). The second-order valence-electron chi connectivity index (χ2n) is 8.53. The van der Waals surface area contributed by atoms with Crippen LogP contribution < -0.4 is 14.2 Å². The highest BCUT2D eigenvalue weighted by atomic mass is 79.9. The van der Waals surface area contributed by atoms with Gasteiger partial charge in [-0.1, -0.05) is 29.8 Å². The highest BCUT2D eigenvalue weighted by Gasteiger charge is 2.35. The SMILES string of the molecule is COc1cc(/C=C2\SC(=O)N(Cc3ccc(C)cc3)C2=O)cc(Br)c1OS(=O)(=O)c1ccc(NC(C)=O)cc1. The first-order chi connectivity index (χ1) is 18.5. The highest BCUT2D eigenvalue weighted by Crippen LogP contribution is 2.40. The number of carbonyl (C=O) groups excluding carboxylic acids is 3. The maximum atomic E-state index is 13.0. The molecule has 3 amide bonds. The summed E-state index contributed by atoms with van der Waals surface area (Å²) in [7, 11) is -2.90. The fourth-order valence-corrected chi connectivity index (χ4v) is 6.08. The van der Waals surface area contributed by atoms with Gasteiger partial charge in [0, 0.05) is 12.6 Å². The lowest BCUT2D eigenvalue weighted by molar-refractivity contribution is -0.123. The van der Waals surface area contributed by atoms with Gasteiger partial charge >= 0.3 is 10.1 Å². The molecular weight excluding hydrogens is 608 g/mol. The molecule has 39 heavy (non-hydrogen) atoms. The van der Waals surface area contributed by atoms with E-state index in [0.29, 0.717) is 11.3 Å². The molecular formula is C27H23BrN2O7S2. The van der Waals surface area contributed by atoms with Gasteiger partial charge in [0.05, 0.1) is 23.0 Å². The van der Waals surface area contributed by atoms with E-state index in [4.69, 9.17) is 8.92 Å². The van der Waals surface area contributed by atoms with Gasteiger partial charge in [-0.25, -0.2) is 0 Å². The number of nitrogens with one attached hydrogen (secondary N) is 1. The number of carbonyl (C=O) groups is 3. The highest BCUT2D eigenvalue weighted by molar-refractivity contribution is 9.10. The minimum Gasteiger partial charge on any atom is -0.493 e. The average molecular weight is 632 g/mol. The molecule has 1 aliphatic rings. The Hall–Kier alpha value is -3.61. The van der Waals surface area contributed by atoms with Crippen LogP contribution in [-0.4, -0.2) is 37.5 Å². The number of thioether (sulfide) groups is 1. The van der Waals surface area contributed by atoms with Gasteiger partial charge in [0.2, 0.25) is 5.91 Å². The minimum atomic E-state index is -4.25. The number of amides is 3. The average Bonchev–Trinajstić information content (AvgIpc) is 3.13. The van der Waals surface area contributed by atoms with Crippen molar-refractivity contribution in [3.63, 3.8) is 0 Å². The van der Waals surface area contributed by atoms with Crippen LogP contribution in [0.5, 0.6) is 11.5 Å². The zero-order chi connectivity index (χ0) is 28.3. The van der Waals surface area contributed by atoms with E-state index in [1.807, 2.05) is 31.2 Å². The van der Waals surface area contributed by atoms with Crippen molar-refractivity contribution in [1.29, 1.82) is 0 Å². The molecule has 1 heterocycles. The number of hydrogen-bond acceptors (Lipinski definition) is 8. The molecule has 0 radical (unpaired) electrons. The van der Waals surface area contributed by atoms with Crippen LogP contribution in [0.15, 0.2) is 74.9 Å². The molecule has 0 spiro atoms. The van der Waals surface area contributed by atoms with Crippen molar-refractivity contribution in [3.05, 3.63) is 86.7 Å². The largest absolute Gasteiger partial charge is 0.493 e. The fourth-order valence-electron chi connectivity index (χ4n) is 3.63. The zero-order valence-electron chi connectivity index (χ0n) is 21.1. The molecule has 0 unspecified atom stereocenters. The molecule has 12 heteroatoms. The molecule has 0 aromatic heterocycles. The Morgan fingerprint density at radius 2 is 1.74 bits per heavy atom. The van der Waals surface area contributed by atoms with Gasteiger partial charge in [0.15, 0.2) is 11.5 Å². The monoisotopic (exact) mass is 630 g/mol. The van der Waals surface area contributed by atoms with Crippen LogP contribution in [-0.2, 0) is 26.3 Å². The molecule has 1 fully saturated rings. The van der Waals surface area contributed by atoms with E-state index in [-0.39, 0.29) is 43.5 Å². The predicted molar refractivity (Wildman–Crippen MR) is 152 cm³/mol. The van der Waals surface area contributed by atoms with Crippen LogP contribution in [0.2, 0.25) is 0 Å². The van der Waals surface area contributed by atoms with Gasteiger partial charge in [-0.05, 0) is 88.2 Å². The van der Waals surface area contributed by atoms with Gasteiger partial charge < -0.3 is 14.2 Å². The summed E-state index contributed by atoms with van der Waals surface area (Å²) in [5.41, 5.74) is 2.84. The summed E-state index contributed by atoms with van der Waals surface area (Å²) >= 11 is 4.15. The van der Waals surface area contributed by atoms with E-state index in [0.717, 1.165) is 22.9 Å². The lowest BCUT2D eigenvalue weighted by atomic mass is 10.1. The molecule has 1 saturated heterocycles. The second-order valence-corrected chi connectivity index (χ2v) is 11.9. The van der Waals surface area contributed by atoms with Crippen molar-refractivity contribution in [2.75, 3.05) is 12.4 Å². The van der Waals surface area contributed by atoms with Crippen LogP contribution in [0.3, 0.4) is 0 Å². The third kappa shape index (κ3) is 6.70. The second kappa shape index (κ2) is 11.6. The quantitative estimate of drug-likeness (QED) is 0.248. The number of nitrogens with zero attached hydrogens (tertiary/aromatic N) is 1. The Morgan fingerprint density at radius 1 is 1.08 bits per heavy atom. The van der Waals surface area contributed by atoms with Crippen molar-refractivity contribution in [3.8, 4) is 11.5 Å². The van der Waals surface area contributed by atoms with Gasteiger partial charge in [-0.2, -0.15) is 8.42 Å². The van der Waals surface area contributed by atoms with E-state index in [1.165, 1.54) is 55.3 Å². The molecule has 0 atom stereocenters. The van der Waals surface area contributed by atoms with E-state index in [1.54, 1.807) is 6.07 Å². The summed E-state index contributed by atoms with van der Waals surface area (Å²) in [6.45, 7) is 3.46. The summed E-state index contributed by atoms with van der Waals surface area (Å²) in [5.74, 6) is -0.709. The Labute approximate surface area is 238 Å². The predicted octanol–water partition coefficient (Wildman–Crippen LogP) is 5.73. The first kappa shape index (κ1) is 28.4. The number of anilines is 1. The van der Waals surface area contributed by atoms with Crippen LogP contribution >= 0.6 is 27.7 Å². The van der Waals surface area contributed by atoms with Gasteiger partial charge in [0.25, 0.3) is 11.1 Å². The van der Waals surface area contributed by atoms with Gasteiger partial charge in [0.1, 0.15) is 4.90 Å². The molecule has 1 N–H and O–H groups in total. The number of ether oxygens (including phenoxy) is 1. The molecule has 0 saturated carbocycles. The first-order valence-electron chi connectivity index (χ1n) is 11.5. The smallest absolute Gasteiger partial charge is 0.339 e. The van der Waals surface area contributed by atoms with Gasteiger partial charge in [-0.15, -0.1) is 0 Å². The molecule has 9 nitrogen and oxygen atoms in total. The molecule has 0 bridgehead atoms. The number of methoxy groups -OCH3 is 1. The van der Waals surface area contributed by atoms with Crippen molar-refractivity contribution in [1.82, 2.24) is 4.90 Å². The third-order valence-electron chi connectivity index (χ3n) is 5.54. The normalized spacial score (nSPS) is 14.6. The fraction of sp³-hybridized carbons (Fsp3) is 0.148. The van der Waals surface area contributed by atoms with Crippen molar-refractivity contribution in [2.24, 2.45) is 0 Å². The van der Waals surface area contributed by atoms with Crippen molar-refractivity contribution in [2.45, 2.75) is 25.3 Å². The molecule has 0 aliphatic carbocycles. The van der Waals surface area contributed by atoms with Crippen LogP contribution in [0.1, 0.15) is 23.6 Å². The molecule has 3 aromatic rings. The summed E-state index contributed by atoms with van der Waals surface area (Å²) in [5, 5.41) is 2.18. The number of benzene rings is 3. The lowest BCUT2D eigenvalue weighted by Gasteiger charge is -2.14. The summed E-state index contributed by atoms with van der Waals surface area (Å²) in [4.78, 5) is 38.0. The third-order valence-corrected chi connectivity index (χ3v) is 8.27. The summed E-state index contributed by atoms with van der Waals surface area (Å²) in [6, 6.07) is 16.1. The number of hydrogen-bond donors (Lipinski definition) is 1. The van der Waals surface area contributed by atoms with E-state index >= 15 is 0 Å². The zero-order valence-corrected chi connectivity index (χ0v) is 24.3. The lowest BCUT2D eigenvalue weighted by Crippen LogP contribution is -2.27. The summed E-state index contributed by atoms with van der Waals surface area (Å²) < 4.78 is 36.8. The summed E-state index contributed by atoms with van der Waals surface area (Å²) in [6.07, 6.45) is 1.53. The topological polar surface area (TPSA) is 119 Å². The van der Waals surface area contributed by atoms with Crippen molar-refractivity contribution >= 4 is 66.6 Å². The minimum absolute atomic E-state index is 0.0898. The number of rotatable bonds is 8. The maximum Gasteiger partial charge on any atom is 0.339 e. The van der Waals surface area contributed by atoms with E-state index in [2.05, 4.69) is 21.2 Å². The molecule has 1 aliphatic heterocycles. The molecule has 3 aromatic carbocycles. The van der Waals surface area contributed by atoms with E-state index < -0.39 is 16.0 Å². The van der Waals surface area contributed by atoms with E-state index in [9.17, 15) is 22.8 Å². The Bertz CT molecular complexity index is 1590. The maximum absolute atomic E-state index is 13.0. The van der Waals surface area contributed by atoms with Crippen molar-refractivity contribution < 1.29 is 31.7 Å². The van der Waals surface area contributed by atoms with Gasteiger partial charge in [-0.3, -0.25) is 19.3 Å². The van der Waals surface area contributed by atoms with Crippen LogP contribution in [0, 0.1) is 6.92 Å². The first-order valence-corrected chi connectivity index (χ1v) is 14.5. The standard InChI is InChI=1S/C27H23BrN2O7S2/c1-16-4-6-18(7-5-16)15-30-26(32)24(38-27(30)33)14-19-12-22(28)25(23(13-19)36-3)37-39(34,35)21-10-8-20(9-11-21)29-17(2)31/h4-14H,15H2,1-3H3,(H,29,31)/b24-14-. The Balaban J connectivity index is 1.56. The molecule has 202 valence electrons. The Kier molecular flexibility index (Phi) is 8.48. The number of aryl methyl sites for hydroxylation is 1. The van der Waals surface area contributed by atoms with Crippen LogP contribution in [0.4, 0.5) is 10.5 Å². The Morgan fingerprint density at radius 3 is 2.36 bits per heavy atom.